The number of hydrogen-bond donors (Lipinski definition) is 2. The third kappa shape index (κ3) is 16.7. The Morgan fingerprint density at radius 3 is 0.933 bits per heavy atom. The van der Waals surface area contributed by atoms with E-state index in [0.29, 0.717) is 12.8 Å². The van der Waals surface area contributed by atoms with Gasteiger partial charge in [-0.2, -0.15) is 0 Å². The molecule has 0 aromatic heterocycles. The van der Waals surface area contributed by atoms with E-state index in [4.69, 9.17) is 0 Å². The highest BCUT2D eigenvalue weighted by Crippen LogP contribution is 2.26. The molecule has 0 aromatic rings. The topological polar surface area (TPSA) is 74.6 Å². The first-order valence-electron chi connectivity index (χ1n) is 13.0. The maximum absolute atomic E-state index is 11.7. The molecule has 0 radical (unpaired) electrons. The lowest BCUT2D eigenvalue weighted by molar-refractivity contribution is -0.154. The summed E-state index contributed by atoms with van der Waals surface area (Å²) in [7, 11) is 0. The lowest BCUT2D eigenvalue weighted by atomic mass is 9.84. The second kappa shape index (κ2) is 21.2. The summed E-state index contributed by atoms with van der Waals surface area (Å²) >= 11 is 0. The fourth-order valence-corrected chi connectivity index (χ4v) is 4.34. The number of carboxylic acid groups (broad SMARTS) is 2. The van der Waals surface area contributed by atoms with Gasteiger partial charge in [0, 0.05) is 0 Å². The van der Waals surface area contributed by atoms with Gasteiger partial charge in [-0.25, -0.2) is 0 Å². The van der Waals surface area contributed by atoms with Crippen molar-refractivity contribution < 1.29 is 19.8 Å². The Morgan fingerprint density at radius 1 is 0.467 bits per heavy atom. The first-order valence-corrected chi connectivity index (χ1v) is 13.0. The van der Waals surface area contributed by atoms with Crippen LogP contribution in [0.2, 0.25) is 0 Å². The second-order valence-electron chi connectivity index (χ2n) is 9.12. The van der Waals surface area contributed by atoms with E-state index < -0.39 is 23.8 Å². The van der Waals surface area contributed by atoms with E-state index in [2.05, 4.69) is 13.8 Å². The Labute approximate surface area is 186 Å². The van der Waals surface area contributed by atoms with E-state index in [1.165, 1.54) is 77.0 Å². The molecule has 2 N–H and O–H groups in total. The maximum Gasteiger partial charge on any atom is 0.307 e. The molecule has 30 heavy (non-hydrogen) atoms. The van der Waals surface area contributed by atoms with Crippen LogP contribution in [-0.4, -0.2) is 22.2 Å². The van der Waals surface area contributed by atoms with Gasteiger partial charge in [-0.15, -0.1) is 0 Å². The summed E-state index contributed by atoms with van der Waals surface area (Å²) in [5, 5.41) is 19.2. The van der Waals surface area contributed by atoms with Crippen LogP contribution in [-0.2, 0) is 9.59 Å². The standard InChI is InChI=1S/C26H50O4/c1-3-5-7-9-11-13-15-17-19-21-23(25(27)28)24(26(29)30)22-20-18-16-14-12-10-8-6-4-2/h23-24H,3-22H2,1-2H3,(H,27,28)(H,29,30)/t23-,24+. The highest BCUT2D eigenvalue weighted by molar-refractivity contribution is 5.79. The molecule has 0 saturated heterocycles. The van der Waals surface area contributed by atoms with E-state index in [1.807, 2.05) is 0 Å². The summed E-state index contributed by atoms with van der Waals surface area (Å²) in [4.78, 5) is 23.4. The van der Waals surface area contributed by atoms with E-state index >= 15 is 0 Å². The number of aliphatic carboxylic acids is 2. The van der Waals surface area contributed by atoms with Crippen molar-refractivity contribution in [1.82, 2.24) is 0 Å². The minimum atomic E-state index is -0.933. The molecule has 0 unspecified atom stereocenters. The Bertz CT molecular complexity index is 370. The van der Waals surface area contributed by atoms with E-state index in [9.17, 15) is 19.8 Å². The van der Waals surface area contributed by atoms with E-state index in [0.717, 1.165) is 38.5 Å². The van der Waals surface area contributed by atoms with Gasteiger partial charge < -0.3 is 10.2 Å². The molecule has 0 bridgehead atoms. The smallest absolute Gasteiger partial charge is 0.307 e. The zero-order valence-corrected chi connectivity index (χ0v) is 20.0. The molecule has 0 amide bonds. The Kier molecular flexibility index (Phi) is 20.4. The van der Waals surface area contributed by atoms with Crippen molar-refractivity contribution in [2.24, 2.45) is 11.8 Å². The van der Waals surface area contributed by atoms with Gasteiger partial charge in [-0.1, -0.05) is 129 Å². The molecular weight excluding hydrogens is 376 g/mol. The molecule has 4 heteroatoms. The van der Waals surface area contributed by atoms with Gasteiger partial charge in [0.05, 0.1) is 11.8 Å². The minimum Gasteiger partial charge on any atom is -0.481 e. The first kappa shape index (κ1) is 28.9. The summed E-state index contributed by atoms with van der Waals surface area (Å²) in [6, 6.07) is 0. The molecule has 0 aromatic carbocycles. The summed E-state index contributed by atoms with van der Waals surface area (Å²) < 4.78 is 0. The largest absolute Gasteiger partial charge is 0.481 e. The van der Waals surface area contributed by atoms with Gasteiger partial charge in [0.15, 0.2) is 0 Å². The third-order valence-electron chi connectivity index (χ3n) is 6.36. The molecule has 4 nitrogen and oxygen atoms in total. The van der Waals surface area contributed by atoms with Crippen molar-refractivity contribution in [2.75, 3.05) is 0 Å². The van der Waals surface area contributed by atoms with Gasteiger partial charge in [-0.3, -0.25) is 9.59 Å². The van der Waals surface area contributed by atoms with Gasteiger partial charge >= 0.3 is 11.9 Å². The van der Waals surface area contributed by atoms with Crippen molar-refractivity contribution in [3.05, 3.63) is 0 Å². The second-order valence-corrected chi connectivity index (χ2v) is 9.12. The lowest BCUT2D eigenvalue weighted by Crippen LogP contribution is -2.30. The summed E-state index contributed by atoms with van der Waals surface area (Å²) in [5.41, 5.74) is 0. The summed E-state index contributed by atoms with van der Waals surface area (Å²) in [5.74, 6) is -3.34. The molecule has 0 aliphatic rings. The van der Waals surface area contributed by atoms with Crippen LogP contribution in [0.25, 0.3) is 0 Å². The van der Waals surface area contributed by atoms with Crippen LogP contribution in [0, 0.1) is 11.8 Å². The average molecular weight is 427 g/mol. The van der Waals surface area contributed by atoms with Gasteiger partial charge in [0.1, 0.15) is 0 Å². The number of rotatable bonds is 23. The highest BCUT2D eigenvalue weighted by atomic mass is 16.4. The van der Waals surface area contributed by atoms with Crippen LogP contribution in [0.15, 0.2) is 0 Å². The van der Waals surface area contributed by atoms with Crippen LogP contribution >= 0.6 is 0 Å². The zero-order chi connectivity index (χ0) is 22.5. The molecule has 0 aliphatic heterocycles. The molecular formula is C26H50O4. The molecule has 0 fully saturated rings. The predicted octanol–water partition coefficient (Wildman–Crippen LogP) is 8.23. The number of hydrogen-bond acceptors (Lipinski definition) is 2. The molecule has 178 valence electrons. The van der Waals surface area contributed by atoms with Gasteiger partial charge in [0.25, 0.3) is 0 Å². The van der Waals surface area contributed by atoms with Gasteiger partial charge in [0.2, 0.25) is 0 Å². The van der Waals surface area contributed by atoms with Crippen LogP contribution in [0.3, 0.4) is 0 Å². The Balaban J connectivity index is 4.02. The number of carboxylic acids is 2. The number of carbonyl (C=O) groups is 2. The predicted molar refractivity (Wildman–Crippen MR) is 126 cm³/mol. The summed E-state index contributed by atoms with van der Waals surface area (Å²) in [6.45, 7) is 4.44. The van der Waals surface area contributed by atoms with Crippen molar-refractivity contribution in [1.29, 1.82) is 0 Å². The Hall–Kier alpha value is -1.06. The molecule has 0 spiro atoms. The lowest BCUT2D eigenvalue weighted by Gasteiger charge is -2.20. The van der Waals surface area contributed by atoms with Crippen molar-refractivity contribution in [3.63, 3.8) is 0 Å². The maximum atomic E-state index is 11.7. The molecule has 0 aliphatic carbocycles. The minimum absolute atomic E-state index is 0.500. The molecule has 2 atom stereocenters. The SMILES string of the molecule is CCCCCCCCCCC[C@H](C(=O)O)[C@@H](CCCCCCCCCCC)C(=O)O. The van der Waals surface area contributed by atoms with Crippen LogP contribution in [0.5, 0.6) is 0 Å². The fourth-order valence-electron chi connectivity index (χ4n) is 4.34. The quantitative estimate of drug-likeness (QED) is 0.161. The first-order chi connectivity index (χ1) is 14.5. The zero-order valence-electron chi connectivity index (χ0n) is 20.0. The monoisotopic (exact) mass is 426 g/mol. The molecule has 0 rings (SSSR count). The normalized spacial score (nSPS) is 13.3. The van der Waals surface area contributed by atoms with E-state index in [1.54, 1.807) is 0 Å². The molecule has 0 heterocycles. The van der Waals surface area contributed by atoms with Crippen LogP contribution < -0.4 is 0 Å². The molecule has 0 saturated carbocycles. The summed E-state index contributed by atoms with van der Waals surface area (Å²) in [6.07, 6.45) is 22.3. The average Bonchev–Trinajstić information content (AvgIpc) is 2.71. The number of unbranched alkanes of at least 4 members (excludes halogenated alkanes) is 16. The van der Waals surface area contributed by atoms with Crippen molar-refractivity contribution in [3.8, 4) is 0 Å². The van der Waals surface area contributed by atoms with Crippen molar-refractivity contribution in [2.45, 2.75) is 142 Å². The van der Waals surface area contributed by atoms with Crippen LogP contribution in [0.4, 0.5) is 0 Å². The fraction of sp³-hybridized carbons (Fsp3) is 0.923. The van der Waals surface area contributed by atoms with Gasteiger partial charge in [-0.05, 0) is 12.8 Å². The van der Waals surface area contributed by atoms with E-state index in [-0.39, 0.29) is 0 Å². The third-order valence-corrected chi connectivity index (χ3v) is 6.36. The highest BCUT2D eigenvalue weighted by Gasteiger charge is 2.32. The van der Waals surface area contributed by atoms with Crippen LogP contribution in [0.1, 0.15) is 142 Å². The Morgan fingerprint density at radius 2 is 0.700 bits per heavy atom. The van der Waals surface area contributed by atoms with Crippen molar-refractivity contribution >= 4 is 11.9 Å².